The Hall–Kier alpha value is -1.86. The summed E-state index contributed by atoms with van der Waals surface area (Å²) in [6.07, 6.45) is 4.46. The van der Waals surface area contributed by atoms with Crippen LogP contribution in [0.15, 0.2) is 41.6 Å². The van der Waals surface area contributed by atoms with E-state index in [4.69, 9.17) is 11.6 Å². The molecule has 1 atom stereocenters. The van der Waals surface area contributed by atoms with Gasteiger partial charge in [-0.05, 0) is 31.0 Å². The fourth-order valence-electron chi connectivity index (χ4n) is 2.34. The lowest BCUT2D eigenvalue weighted by molar-refractivity contribution is -0.137. The Morgan fingerprint density at radius 1 is 1.38 bits per heavy atom. The van der Waals surface area contributed by atoms with E-state index >= 15 is 0 Å². The van der Waals surface area contributed by atoms with Crippen LogP contribution in [0.25, 0.3) is 0 Å². The molecule has 0 amide bonds. The molecular formula is C16H13ClF3N3S. The predicted molar refractivity (Wildman–Crippen MR) is 90.9 cm³/mol. The Morgan fingerprint density at radius 2 is 2.21 bits per heavy atom. The van der Waals surface area contributed by atoms with Gasteiger partial charge in [-0.25, -0.2) is 4.98 Å². The summed E-state index contributed by atoms with van der Waals surface area (Å²) in [5.74, 6) is 0.549. The minimum atomic E-state index is -4.47. The predicted octanol–water partition coefficient (Wildman–Crippen LogP) is 5.69. The number of alkyl halides is 3. The van der Waals surface area contributed by atoms with Gasteiger partial charge in [-0.3, -0.25) is 5.43 Å². The maximum Gasteiger partial charge on any atom is 0.417 e. The third-order valence-electron chi connectivity index (χ3n) is 3.56. The Kier molecular flexibility index (Phi) is 4.91. The van der Waals surface area contributed by atoms with Crippen molar-refractivity contribution in [2.75, 3.05) is 5.43 Å². The number of aromatic nitrogens is 1. The van der Waals surface area contributed by atoms with Crippen molar-refractivity contribution in [3.05, 3.63) is 56.9 Å². The number of nitrogens with one attached hydrogen (secondary N) is 1. The molecule has 0 aliphatic heterocycles. The summed E-state index contributed by atoms with van der Waals surface area (Å²) in [5, 5.41) is 3.86. The first-order valence-corrected chi connectivity index (χ1v) is 8.41. The summed E-state index contributed by atoms with van der Waals surface area (Å²) >= 11 is 7.44. The van der Waals surface area contributed by atoms with E-state index in [1.165, 1.54) is 4.88 Å². The topological polar surface area (TPSA) is 37.3 Å². The largest absolute Gasteiger partial charge is 0.417 e. The van der Waals surface area contributed by atoms with Crippen LogP contribution in [0.3, 0.4) is 0 Å². The first kappa shape index (κ1) is 17.0. The highest BCUT2D eigenvalue weighted by Crippen LogP contribution is 2.33. The normalized spacial score (nSPS) is 17.8. The Bertz CT molecular complexity index is 783. The van der Waals surface area contributed by atoms with Crippen molar-refractivity contribution >= 4 is 35.0 Å². The van der Waals surface area contributed by atoms with E-state index < -0.39 is 11.7 Å². The van der Waals surface area contributed by atoms with Crippen molar-refractivity contribution in [3.8, 4) is 0 Å². The molecule has 2 aromatic rings. The maximum atomic E-state index is 12.6. The first-order chi connectivity index (χ1) is 11.4. The summed E-state index contributed by atoms with van der Waals surface area (Å²) in [4.78, 5) is 5.88. The van der Waals surface area contributed by atoms with Crippen LogP contribution in [-0.2, 0) is 6.18 Å². The molecule has 2 heterocycles. The second-order valence-electron chi connectivity index (χ2n) is 5.27. The van der Waals surface area contributed by atoms with Crippen LogP contribution in [0.1, 0.15) is 34.1 Å². The van der Waals surface area contributed by atoms with Gasteiger partial charge in [-0.1, -0.05) is 23.8 Å². The molecule has 1 N–H and O–H groups in total. The number of hydrazone groups is 1. The Balaban J connectivity index is 1.65. The number of anilines is 1. The molecular weight excluding hydrogens is 359 g/mol. The third-order valence-corrected chi connectivity index (χ3v) is 5.00. The van der Waals surface area contributed by atoms with E-state index in [-0.39, 0.29) is 10.8 Å². The number of halogens is 4. The lowest BCUT2D eigenvalue weighted by atomic mass is 10.1. The summed E-state index contributed by atoms with van der Waals surface area (Å²) in [7, 11) is 0. The molecule has 0 fully saturated rings. The molecule has 0 spiro atoms. The minimum absolute atomic E-state index is 0.0800. The Labute approximate surface area is 145 Å². The zero-order valence-electron chi connectivity index (χ0n) is 12.3. The van der Waals surface area contributed by atoms with Gasteiger partial charge in [0.15, 0.2) is 5.82 Å². The van der Waals surface area contributed by atoms with Gasteiger partial charge in [0.1, 0.15) is 0 Å². The van der Waals surface area contributed by atoms with Gasteiger partial charge in [0.25, 0.3) is 0 Å². The lowest BCUT2D eigenvalue weighted by Gasteiger charge is -2.08. The fraction of sp³-hybridized carbons (Fsp3) is 0.250. The highest BCUT2D eigenvalue weighted by atomic mass is 35.5. The van der Waals surface area contributed by atoms with Crippen molar-refractivity contribution in [3.63, 3.8) is 0 Å². The number of pyridine rings is 1. The van der Waals surface area contributed by atoms with E-state index in [1.54, 1.807) is 17.6 Å². The fourth-order valence-corrected chi connectivity index (χ4v) is 3.55. The summed E-state index contributed by atoms with van der Waals surface area (Å²) in [5.41, 5.74) is 1.68. The molecule has 0 radical (unpaired) electrons. The molecule has 3 nitrogen and oxygen atoms in total. The van der Waals surface area contributed by atoms with Gasteiger partial charge in [0.05, 0.1) is 16.8 Å². The van der Waals surface area contributed by atoms with Crippen molar-refractivity contribution in [1.82, 2.24) is 4.98 Å². The molecule has 2 aromatic heterocycles. The van der Waals surface area contributed by atoms with Crippen LogP contribution >= 0.6 is 22.9 Å². The SMILES string of the molecule is FC(F)(F)c1cnc(NN=Cc2ccc(C3C=CCC3)s2)c(Cl)c1. The van der Waals surface area contributed by atoms with E-state index in [0.29, 0.717) is 5.92 Å². The molecule has 24 heavy (non-hydrogen) atoms. The van der Waals surface area contributed by atoms with Crippen LogP contribution in [0.2, 0.25) is 5.02 Å². The molecule has 0 saturated heterocycles. The van der Waals surface area contributed by atoms with Gasteiger partial charge in [0, 0.05) is 21.9 Å². The van der Waals surface area contributed by atoms with Crippen LogP contribution in [0.5, 0.6) is 0 Å². The average molecular weight is 372 g/mol. The summed E-state index contributed by atoms with van der Waals surface area (Å²) < 4.78 is 37.7. The first-order valence-electron chi connectivity index (χ1n) is 7.22. The van der Waals surface area contributed by atoms with Crippen molar-refractivity contribution < 1.29 is 13.2 Å². The quantitative estimate of drug-likeness (QED) is 0.425. The monoisotopic (exact) mass is 371 g/mol. The van der Waals surface area contributed by atoms with Crippen LogP contribution < -0.4 is 5.43 Å². The highest BCUT2D eigenvalue weighted by Gasteiger charge is 2.31. The standard InChI is InChI=1S/C16H13ClF3N3S/c17-13-7-11(16(18,19)20)8-21-15(13)23-22-9-12-5-6-14(24-12)10-3-1-2-4-10/h1,3,5-10H,2,4H2,(H,21,23). The van der Waals surface area contributed by atoms with Crippen LogP contribution in [-0.4, -0.2) is 11.2 Å². The van der Waals surface area contributed by atoms with Gasteiger partial charge in [-0.15, -0.1) is 11.3 Å². The van der Waals surface area contributed by atoms with Gasteiger partial charge < -0.3 is 0 Å². The zero-order chi connectivity index (χ0) is 17.2. The highest BCUT2D eigenvalue weighted by molar-refractivity contribution is 7.13. The second kappa shape index (κ2) is 6.94. The molecule has 8 heteroatoms. The number of hydrogen-bond acceptors (Lipinski definition) is 4. The zero-order valence-corrected chi connectivity index (χ0v) is 13.9. The molecule has 0 saturated carbocycles. The average Bonchev–Trinajstić information content (AvgIpc) is 3.18. The van der Waals surface area contributed by atoms with Gasteiger partial charge >= 0.3 is 6.18 Å². The van der Waals surface area contributed by atoms with Crippen LogP contribution in [0, 0.1) is 0 Å². The number of nitrogens with zero attached hydrogens (tertiary/aromatic N) is 2. The van der Waals surface area contributed by atoms with E-state index in [0.717, 1.165) is 30.0 Å². The van der Waals surface area contributed by atoms with E-state index in [2.05, 4.69) is 33.7 Å². The Morgan fingerprint density at radius 3 is 2.88 bits per heavy atom. The number of rotatable bonds is 4. The van der Waals surface area contributed by atoms with Crippen molar-refractivity contribution in [2.45, 2.75) is 24.9 Å². The van der Waals surface area contributed by atoms with Crippen LogP contribution in [0.4, 0.5) is 19.0 Å². The van der Waals surface area contributed by atoms with Gasteiger partial charge in [0.2, 0.25) is 0 Å². The van der Waals surface area contributed by atoms with Crippen molar-refractivity contribution in [1.29, 1.82) is 0 Å². The molecule has 126 valence electrons. The molecule has 0 aromatic carbocycles. The molecule has 1 aliphatic rings. The van der Waals surface area contributed by atoms with Crippen molar-refractivity contribution in [2.24, 2.45) is 5.10 Å². The van der Waals surface area contributed by atoms with E-state index in [1.807, 2.05) is 6.07 Å². The molecule has 1 unspecified atom stereocenters. The smallest absolute Gasteiger partial charge is 0.260 e. The van der Waals surface area contributed by atoms with E-state index in [9.17, 15) is 13.2 Å². The second-order valence-corrected chi connectivity index (χ2v) is 6.83. The third kappa shape index (κ3) is 3.96. The molecule has 3 rings (SSSR count). The number of hydrogen-bond donors (Lipinski definition) is 1. The lowest BCUT2D eigenvalue weighted by Crippen LogP contribution is -2.06. The maximum absolute atomic E-state index is 12.6. The molecule has 0 bridgehead atoms. The van der Waals surface area contributed by atoms with Gasteiger partial charge in [-0.2, -0.15) is 18.3 Å². The number of allylic oxidation sites excluding steroid dienone is 2. The summed E-state index contributed by atoms with van der Waals surface area (Å²) in [6.45, 7) is 0. The number of thiophene rings is 1. The molecule has 1 aliphatic carbocycles. The minimum Gasteiger partial charge on any atom is -0.260 e. The summed E-state index contributed by atoms with van der Waals surface area (Å²) in [6, 6.07) is 4.84.